The maximum Gasteiger partial charge on any atom is 0.238 e. The van der Waals surface area contributed by atoms with Gasteiger partial charge in [-0.15, -0.1) is 0 Å². The first-order chi connectivity index (χ1) is 9.77. The minimum Gasteiger partial charge on any atom is -0.485 e. The van der Waals surface area contributed by atoms with E-state index in [0.717, 1.165) is 0 Å². The Morgan fingerprint density at radius 1 is 1.38 bits per heavy atom. The van der Waals surface area contributed by atoms with E-state index in [4.69, 9.17) is 14.4 Å². The first-order valence-electron chi connectivity index (χ1n) is 6.36. The van der Waals surface area contributed by atoms with Crippen LogP contribution < -0.4 is 9.88 Å². The molecule has 0 atom stereocenters. The summed E-state index contributed by atoms with van der Waals surface area (Å²) in [6.07, 6.45) is 0. The summed E-state index contributed by atoms with van der Waals surface area (Å²) in [7, 11) is -3.72. The molecular formula is C13H17N3O4S. The van der Waals surface area contributed by atoms with Crippen LogP contribution in [0.3, 0.4) is 0 Å². The lowest BCUT2D eigenvalue weighted by Gasteiger charge is -2.07. The molecule has 0 aliphatic rings. The number of sulfonamides is 1. The van der Waals surface area contributed by atoms with E-state index < -0.39 is 10.0 Å². The van der Waals surface area contributed by atoms with Crippen LogP contribution in [0.1, 0.15) is 37.0 Å². The van der Waals surface area contributed by atoms with Crippen molar-refractivity contribution in [2.75, 3.05) is 0 Å². The molecule has 2 rings (SSSR count). The van der Waals surface area contributed by atoms with Gasteiger partial charge in [-0.2, -0.15) is 4.98 Å². The van der Waals surface area contributed by atoms with E-state index >= 15 is 0 Å². The van der Waals surface area contributed by atoms with Crippen LogP contribution in [0.4, 0.5) is 0 Å². The van der Waals surface area contributed by atoms with Crippen molar-refractivity contribution >= 4 is 10.0 Å². The quantitative estimate of drug-likeness (QED) is 0.900. The van der Waals surface area contributed by atoms with Crippen molar-refractivity contribution in [1.82, 2.24) is 10.1 Å². The molecule has 0 spiro atoms. The smallest absolute Gasteiger partial charge is 0.238 e. The molecule has 0 aliphatic carbocycles. The number of aryl methyl sites for hydroxylation is 1. The van der Waals surface area contributed by atoms with Gasteiger partial charge in [0.1, 0.15) is 5.75 Å². The zero-order valence-corrected chi connectivity index (χ0v) is 12.8. The number of primary sulfonamides is 1. The summed E-state index contributed by atoms with van der Waals surface area (Å²) in [6.45, 7) is 5.70. The molecule has 2 aromatic rings. The third kappa shape index (κ3) is 3.79. The van der Waals surface area contributed by atoms with Gasteiger partial charge in [0, 0.05) is 5.92 Å². The third-order valence-electron chi connectivity index (χ3n) is 2.80. The number of benzene rings is 1. The summed E-state index contributed by atoms with van der Waals surface area (Å²) in [6, 6.07) is 4.55. The fourth-order valence-electron chi connectivity index (χ4n) is 1.74. The van der Waals surface area contributed by atoms with Gasteiger partial charge in [-0.3, -0.25) is 0 Å². The molecule has 8 heteroatoms. The van der Waals surface area contributed by atoms with Crippen molar-refractivity contribution in [3.8, 4) is 5.75 Å². The summed E-state index contributed by atoms with van der Waals surface area (Å²) in [5.74, 6) is 1.65. The number of rotatable bonds is 5. The Labute approximate surface area is 123 Å². The predicted molar refractivity (Wildman–Crippen MR) is 75.3 cm³/mol. The van der Waals surface area contributed by atoms with Crippen LogP contribution in [0, 0.1) is 6.92 Å². The Morgan fingerprint density at radius 2 is 2.10 bits per heavy atom. The molecule has 0 aliphatic heterocycles. The average Bonchev–Trinajstić information content (AvgIpc) is 2.83. The van der Waals surface area contributed by atoms with Crippen molar-refractivity contribution in [2.45, 2.75) is 38.2 Å². The summed E-state index contributed by atoms with van der Waals surface area (Å²) in [5, 5.41) is 8.91. The summed E-state index contributed by atoms with van der Waals surface area (Å²) in [5.41, 5.74) is 0.519. The third-order valence-corrected chi connectivity index (χ3v) is 3.87. The Bertz CT molecular complexity index is 738. The van der Waals surface area contributed by atoms with Crippen molar-refractivity contribution in [1.29, 1.82) is 0 Å². The van der Waals surface area contributed by atoms with Gasteiger partial charge < -0.3 is 9.26 Å². The molecule has 0 amide bonds. The molecule has 0 bridgehead atoms. The second-order valence-corrected chi connectivity index (χ2v) is 6.49. The molecule has 114 valence electrons. The second-order valence-electron chi connectivity index (χ2n) is 4.96. The van der Waals surface area contributed by atoms with Gasteiger partial charge in [-0.05, 0) is 30.7 Å². The van der Waals surface area contributed by atoms with Crippen LogP contribution in [-0.2, 0) is 16.6 Å². The highest BCUT2D eigenvalue weighted by Gasteiger charge is 2.13. The highest BCUT2D eigenvalue weighted by molar-refractivity contribution is 7.89. The molecule has 0 saturated carbocycles. The fourth-order valence-corrected chi connectivity index (χ4v) is 2.50. The molecule has 0 fully saturated rings. The lowest BCUT2D eigenvalue weighted by Crippen LogP contribution is -2.13. The number of nitrogens with two attached hydrogens (primary N) is 1. The van der Waals surface area contributed by atoms with Crippen LogP contribution in [0.2, 0.25) is 0 Å². The van der Waals surface area contributed by atoms with E-state index in [-0.39, 0.29) is 17.4 Å². The Morgan fingerprint density at radius 3 is 2.62 bits per heavy atom. The number of aromatic nitrogens is 2. The highest BCUT2D eigenvalue weighted by Crippen LogP contribution is 2.21. The molecule has 0 unspecified atom stereocenters. The molecule has 2 N–H and O–H groups in total. The molecular weight excluding hydrogens is 294 g/mol. The van der Waals surface area contributed by atoms with Crippen molar-refractivity contribution in [3.63, 3.8) is 0 Å². The summed E-state index contributed by atoms with van der Waals surface area (Å²) >= 11 is 0. The van der Waals surface area contributed by atoms with Crippen LogP contribution in [0.5, 0.6) is 5.75 Å². The molecule has 1 heterocycles. The van der Waals surface area contributed by atoms with Gasteiger partial charge in [0.15, 0.2) is 6.61 Å². The number of hydrogen-bond donors (Lipinski definition) is 1. The van der Waals surface area contributed by atoms with E-state index in [2.05, 4.69) is 10.1 Å². The van der Waals surface area contributed by atoms with Crippen LogP contribution >= 0.6 is 0 Å². The maximum atomic E-state index is 11.3. The van der Waals surface area contributed by atoms with Crippen molar-refractivity contribution < 1.29 is 17.7 Å². The van der Waals surface area contributed by atoms with E-state index in [0.29, 0.717) is 23.0 Å². The van der Waals surface area contributed by atoms with Gasteiger partial charge in [-0.25, -0.2) is 13.6 Å². The predicted octanol–water partition coefficient (Wildman–Crippen LogP) is 1.73. The fraction of sp³-hybridized carbons (Fsp3) is 0.385. The second kappa shape index (κ2) is 5.82. The molecule has 21 heavy (non-hydrogen) atoms. The number of hydrogen-bond acceptors (Lipinski definition) is 6. The number of nitrogens with zero attached hydrogens (tertiary/aromatic N) is 2. The normalized spacial score (nSPS) is 11.9. The van der Waals surface area contributed by atoms with Gasteiger partial charge in [-0.1, -0.05) is 19.0 Å². The minimum absolute atomic E-state index is 0.0801. The summed E-state index contributed by atoms with van der Waals surface area (Å²) < 4.78 is 33.2. The van der Waals surface area contributed by atoms with Gasteiger partial charge in [0.05, 0.1) is 4.90 Å². The van der Waals surface area contributed by atoms with Crippen LogP contribution in [-0.4, -0.2) is 18.6 Å². The summed E-state index contributed by atoms with van der Waals surface area (Å²) in [4.78, 5) is 4.27. The van der Waals surface area contributed by atoms with Crippen LogP contribution in [0.25, 0.3) is 0 Å². The lowest BCUT2D eigenvalue weighted by molar-refractivity contribution is 0.284. The molecule has 0 radical (unpaired) electrons. The standard InChI is InChI=1S/C13H17N3O4S/c1-8(2)13-15-12(16-20-13)7-19-10-4-5-11(9(3)6-10)21(14,17)18/h4-6,8H,7H2,1-3H3,(H2,14,17,18). The van der Waals surface area contributed by atoms with Gasteiger partial charge in [0.25, 0.3) is 0 Å². The van der Waals surface area contributed by atoms with Crippen molar-refractivity contribution in [2.24, 2.45) is 5.14 Å². The van der Waals surface area contributed by atoms with E-state index in [9.17, 15) is 8.42 Å². The molecule has 1 aromatic carbocycles. The zero-order valence-electron chi connectivity index (χ0n) is 12.0. The topological polar surface area (TPSA) is 108 Å². The first-order valence-corrected chi connectivity index (χ1v) is 7.90. The molecule has 1 aromatic heterocycles. The Balaban J connectivity index is 2.08. The van der Waals surface area contributed by atoms with Crippen molar-refractivity contribution in [3.05, 3.63) is 35.5 Å². The number of ether oxygens (including phenoxy) is 1. The maximum absolute atomic E-state index is 11.3. The largest absolute Gasteiger partial charge is 0.485 e. The molecule has 7 nitrogen and oxygen atoms in total. The molecule has 0 saturated heterocycles. The Kier molecular flexibility index (Phi) is 4.29. The first kappa shape index (κ1) is 15.5. The van der Waals surface area contributed by atoms with E-state index in [1.807, 2.05) is 13.8 Å². The zero-order chi connectivity index (χ0) is 15.6. The van der Waals surface area contributed by atoms with Crippen LogP contribution in [0.15, 0.2) is 27.6 Å². The highest BCUT2D eigenvalue weighted by atomic mass is 32.2. The lowest BCUT2D eigenvalue weighted by atomic mass is 10.2. The Hall–Kier alpha value is -1.93. The van der Waals surface area contributed by atoms with Gasteiger partial charge >= 0.3 is 0 Å². The average molecular weight is 311 g/mol. The minimum atomic E-state index is -3.72. The van der Waals surface area contributed by atoms with E-state index in [1.165, 1.54) is 12.1 Å². The van der Waals surface area contributed by atoms with Gasteiger partial charge in [0.2, 0.25) is 21.7 Å². The van der Waals surface area contributed by atoms with E-state index in [1.54, 1.807) is 13.0 Å². The SMILES string of the molecule is Cc1cc(OCc2noc(C(C)C)n2)ccc1S(N)(=O)=O. The monoisotopic (exact) mass is 311 g/mol.